The van der Waals surface area contributed by atoms with Crippen molar-refractivity contribution < 1.29 is 32.1 Å². The molecule has 2 heterocycles. The van der Waals surface area contributed by atoms with E-state index >= 15 is 0 Å². The average Bonchev–Trinajstić information content (AvgIpc) is 2.46. The number of ether oxygens (including phenoxy) is 2. The first-order chi connectivity index (χ1) is 12.2. The molecule has 2 rings (SSSR count). The molecular formula is C16H17BrF4N3O3-. The zero-order valence-corrected chi connectivity index (χ0v) is 16.5. The first-order valence-electron chi connectivity index (χ1n) is 7.80. The van der Waals surface area contributed by atoms with Crippen molar-refractivity contribution in [3.8, 4) is 0 Å². The van der Waals surface area contributed by atoms with Crippen molar-refractivity contribution in [1.82, 2.24) is 4.98 Å². The van der Waals surface area contributed by atoms with E-state index < -0.39 is 47.8 Å². The standard InChI is InChI=1S/C16H18BrF4N3O3/c1-14(2,3)27-13(25)23-12-24-15(4,7-9(26-12)16(19,20)21)11-8(18)5-6-10(17)22-11/h5-6,9H,7H2,1-4H3,(H,23,24,25)/p-1/t9-,15+/m1/s1. The normalized spacial score (nSPS) is 24.3. The molecule has 0 saturated heterocycles. The molecule has 1 aliphatic heterocycles. The molecule has 150 valence electrons. The highest BCUT2D eigenvalue weighted by Gasteiger charge is 2.51. The number of halogens is 5. The van der Waals surface area contributed by atoms with Crippen LogP contribution in [0, 0.1) is 5.82 Å². The van der Waals surface area contributed by atoms with E-state index in [-0.39, 0.29) is 10.3 Å². The van der Waals surface area contributed by atoms with Crippen LogP contribution in [0.25, 0.3) is 0 Å². The topological polar surface area (TPSA) is 79.1 Å². The second-order valence-electron chi connectivity index (χ2n) is 7.08. The summed E-state index contributed by atoms with van der Waals surface area (Å²) >= 11 is 3.05. The molecule has 0 amide bonds. The van der Waals surface area contributed by atoms with Crippen molar-refractivity contribution in [2.24, 2.45) is 9.98 Å². The number of amidine groups is 1. The van der Waals surface area contributed by atoms with Gasteiger partial charge in [-0.3, -0.25) is 0 Å². The molecule has 0 bridgehead atoms. The number of aliphatic imine (C=N–C) groups is 2. The maximum Gasteiger partial charge on any atom is 0.425 e. The minimum Gasteiger partial charge on any atom is -0.594 e. The Kier molecular flexibility index (Phi) is 5.74. The number of hydrogen-bond donors (Lipinski definition) is 0. The van der Waals surface area contributed by atoms with Crippen LogP contribution in [0.5, 0.6) is 0 Å². The monoisotopic (exact) mass is 454 g/mol. The van der Waals surface area contributed by atoms with Crippen LogP contribution in [0.2, 0.25) is 0 Å². The van der Waals surface area contributed by atoms with Gasteiger partial charge in [0.1, 0.15) is 21.7 Å². The van der Waals surface area contributed by atoms with Crippen LogP contribution in [0.3, 0.4) is 0 Å². The first kappa shape index (κ1) is 21.4. The Morgan fingerprint density at radius 1 is 1.37 bits per heavy atom. The summed E-state index contributed by atoms with van der Waals surface area (Å²) in [5.41, 5.74) is -3.00. The van der Waals surface area contributed by atoms with Gasteiger partial charge in [-0.25, -0.2) is 14.4 Å². The van der Waals surface area contributed by atoms with Gasteiger partial charge in [0, 0.05) is 12.0 Å². The Bertz CT molecular complexity index is 777. The maximum absolute atomic E-state index is 14.2. The fourth-order valence-corrected chi connectivity index (χ4v) is 2.66. The third-order valence-electron chi connectivity index (χ3n) is 3.44. The van der Waals surface area contributed by atoms with Crippen LogP contribution in [0.4, 0.5) is 17.6 Å². The van der Waals surface area contributed by atoms with E-state index in [9.17, 15) is 22.7 Å². The molecule has 0 fully saturated rings. The van der Waals surface area contributed by atoms with Gasteiger partial charge in [-0.05, 0) is 35.0 Å². The highest BCUT2D eigenvalue weighted by Crippen LogP contribution is 2.40. The zero-order valence-electron chi connectivity index (χ0n) is 14.9. The van der Waals surface area contributed by atoms with Crippen LogP contribution in [0.15, 0.2) is 26.7 Å². The van der Waals surface area contributed by atoms with Crippen molar-refractivity contribution in [2.45, 2.75) is 57.5 Å². The molecule has 0 saturated carbocycles. The van der Waals surface area contributed by atoms with Gasteiger partial charge >= 0.3 is 12.2 Å². The smallest absolute Gasteiger partial charge is 0.425 e. The van der Waals surface area contributed by atoms with Crippen molar-refractivity contribution in [3.63, 3.8) is 0 Å². The van der Waals surface area contributed by atoms with E-state index in [1.165, 1.54) is 13.0 Å². The van der Waals surface area contributed by atoms with Gasteiger partial charge in [-0.15, -0.1) is 0 Å². The number of nitrogens with zero attached hydrogens (tertiary/aromatic N) is 3. The van der Waals surface area contributed by atoms with Crippen LogP contribution in [-0.4, -0.2) is 35.0 Å². The van der Waals surface area contributed by atoms with Gasteiger partial charge in [0.05, 0.1) is 0 Å². The Balaban J connectivity index is 2.52. The van der Waals surface area contributed by atoms with Gasteiger partial charge in [-0.2, -0.15) is 18.2 Å². The third kappa shape index (κ3) is 5.53. The van der Waals surface area contributed by atoms with E-state index in [0.29, 0.717) is 0 Å². The highest BCUT2D eigenvalue weighted by atomic mass is 79.9. The van der Waals surface area contributed by atoms with Gasteiger partial charge in [0.2, 0.25) is 0 Å². The quantitative estimate of drug-likeness (QED) is 0.281. The molecule has 0 aromatic carbocycles. The van der Waals surface area contributed by atoms with Crippen LogP contribution < -0.4 is 5.11 Å². The molecule has 1 aromatic heterocycles. The Labute approximate surface area is 161 Å². The predicted molar refractivity (Wildman–Crippen MR) is 90.5 cm³/mol. The number of hydrogen-bond acceptors (Lipinski definition) is 6. The Morgan fingerprint density at radius 2 is 2.00 bits per heavy atom. The fraction of sp³-hybridized carbons (Fsp3) is 0.562. The van der Waals surface area contributed by atoms with E-state index in [1.807, 2.05) is 0 Å². The molecule has 0 N–H and O–H groups in total. The van der Waals surface area contributed by atoms with Crippen molar-refractivity contribution in [1.29, 1.82) is 0 Å². The second kappa shape index (κ2) is 7.25. The number of rotatable bonds is 1. The summed E-state index contributed by atoms with van der Waals surface area (Å²) in [5, 5.41) is 11.8. The average molecular weight is 455 g/mol. The van der Waals surface area contributed by atoms with Crippen LogP contribution in [0.1, 0.15) is 39.8 Å². The molecule has 0 radical (unpaired) electrons. The van der Waals surface area contributed by atoms with Crippen molar-refractivity contribution in [2.75, 3.05) is 0 Å². The van der Waals surface area contributed by atoms with Gasteiger partial charge in [0.25, 0.3) is 0 Å². The molecule has 11 heteroatoms. The Hall–Kier alpha value is -1.91. The molecule has 2 atom stereocenters. The largest absolute Gasteiger partial charge is 0.594 e. The van der Waals surface area contributed by atoms with E-state index in [4.69, 9.17) is 9.47 Å². The predicted octanol–water partition coefficient (Wildman–Crippen LogP) is 3.44. The molecule has 1 aliphatic rings. The van der Waals surface area contributed by atoms with Gasteiger partial charge in [0.15, 0.2) is 12.2 Å². The molecule has 0 unspecified atom stereocenters. The van der Waals surface area contributed by atoms with E-state index in [2.05, 4.69) is 30.9 Å². The molecule has 0 aliphatic carbocycles. The molecule has 1 aromatic rings. The molecular weight excluding hydrogens is 438 g/mol. The Morgan fingerprint density at radius 3 is 2.56 bits per heavy atom. The summed E-state index contributed by atoms with van der Waals surface area (Å²) in [7, 11) is 0. The zero-order chi connectivity index (χ0) is 20.6. The fourth-order valence-electron chi connectivity index (χ4n) is 2.36. The van der Waals surface area contributed by atoms with E-state index in [0.717, 1.165) is 6.07 Å². The number of alkyl halides is 3. The first-order valence-corrected chi connectivity index (χ1v) is 8.59. The summed E-state index contributed by atoms with van der Waals surface area (Å²) in [5.74, 6) is -0.844. The summed E-state index contributed by atoms with van der Waals surface area (Å²) in [6.07, 6.45) is -9.03. The SMILES string of the molecule is CC(C)(C)OC([O-])=NC1=N[C@](C)(c2nc(Br)ccc2F)C[C@H](C(F)(F)F)O1. The lowest BCUT2D eigenvalue weighted by molar-refractivity contribution is -0.260. The maximum atomic E-state index is 14.2. The molecule has 0 spiro atoms. The highest BCUT2D eigenvalue weighted by molar-refractivity contribution is 9.10. The lowest BCUT2D eigenvalue weighted by atomic mass is 9.89. The summed E-state index contributed by atoms with van der Waals surface area (Å²) in [6.45, 7) is 5.95. The van der Waals surface area contributed by atoms with Crippen LogP contribution >= 0.6 is 15.9 Å². The van der Waals surface area contributed by atoms with Gasteiger partial charge < -0.3 is 14.6 Å². The molecule has 6 nitrogen and oxygen atoms in total. The molecule has 27 heavy (non-hydrogen) atoms. The lowest BCUT2D eigenvalue weighted by Gasteiger charge is -2.35. The lowest BCUT2D eigenvalue weighted by Crippen LogP contribution is -2.44. The number of pyridine rings is 1. The summed E-state index contributed by atoms with van der Waals surface area (Å²) in [4.78, 5) is 11.2. The van der Waals surface area contributed by atoms with E-state index in [1.54, 1.807) is 20.8 Å². The minimum atomic E-state index is -4.78. The summed E-state index contributed by atoms with van der Waals surface area (Å²) < 4.78 is 64.0. The van der Waals surface area contributed by atoms with Crippen molar-refractivity contribution >= 4 is 28.0 Å². The van der Waals surface area contributed by atoms with Gasteiger partial charge in [-0.1, -0.05) is 20.8 Å². The van der Waals surface area contributed by atoms with Crippen molar-refractivity contribution in [3.05, 3.63) is 28.2 Å². The van der Waals surface area contributed by atoms with Crippen LogP contribution in [-0.2, 0) is 15.0 Å². The second-order valence-corrected chi connectivity index (χ2v) is 7.89. The number of aromatic nitrogens is 1. The summed E-state index contributed by atoms with van der Waals surface area (Å²) in [6, 6.07) is 1.51. The minimum absolute atomic E-state index is 0.219. The third-order valence-corrected chi connectivity index (χ3v) is 3.88.